The van der Waals surface area contributed by atoms with Crippen molar-refractivity contribution in [2.45, 2.75) is 32.6 Å². The van der Waals surface area contributed by atoms with Gasteiger partial charge in [0.15, 0.2) is 0 Å². The minimum Gasteiger partial charge on any atom is -0.294 e. The van der Waals surface area contributed by atoms with Gasteiger partial charge in [0.25, 0.3) is 0 Å². The molecule has 1 aromatic carbocycles. The Morgan fingerprint density at radius 1 is 1.31 bits per heavy atom. The maximum Gasteiger partial charge on any atom is 0.231 e. The van der Waals surface area contributed by atoms with E-state index in [2.05, 4.69) is 35.9 Å². The molecular formula is C12H19NO2S. The zero-order valence-electron chi connectivity index (χ0n) is 9.61. The summed E-state index contributed by atoms with van der Waals surface area (Å²) < 4.78 is 21.3. The minimum atomic E-state index is -1.86. The fourth-order valence-corrected chi connectivity index (χ4v) is 1.98. The first-order valence-electron chi connectivity index (χ1n) is 5.58. The quantitative estimate of drug-likeness (QED) is 0.569. The Hall–Kier alpha value is -0.710. The molecule has 0 saturated heterocycles. The summed E-state index contributed by atoms with van der Waals surface area (Å²) in [5.41, 5.74) is 2.67. The smallest absolute Gasteiger partial charge is 0.231 e. The fraction of sp³-hybridized carbons (Fsp3) is 0.500. The molecule has 0 heterocycles. The van der Waals surface area contributed by atoms with Gasteiger partial charge in [-0.3, -0.25) is 4.55 Å². The van der Waals surface area contributed by atoms with Gasteiger partial charge in [-0.15, -0.1) is 0 Å². The molecule has 1 atom stereocenters. The Morgan fingerprint density at radius 3 is 2.81 bits per heavy atom. The van der Waals surface area contributed by atoms with E-state index < -0.39 is 11.3 Å². The summed E-state index contributed by atoms with van der Waals surface area (Å²) in [6.07, 6.45) is 4.24. The SMILES string of the molecule is Cc1cccc(CCCCCNS(=O)O)c1. The monoisotopic (exact) mass is 241 g/mol. The average molecular weight is 241 g/mol. The number of aryl methyl sites for hydroxylation is 2. The van der Waals surface area contributed by atoms with Crippen molar-refractivity contribution in [2.75, 3.05) is 6.54 Å². The van der Waals surface area contributed by atoms with Crippen molar-refractivity contribution >= 4 is 11.3 Å². The lowest BCUT2D eigenvalue weighted by Gasteiger charge is -2.03. The number of nitrogens with one attached hydrogen (secondary N) is 1. The van der Waals surface area contributed by atoms with Crippen molar-refractivity contribution in [1.82, 2.24) is 4.72 Å². The van der Waals surface area contributed by atoms with Crippen molar-refractivity contribution in [3.63, 3.8) is 0 Å². The summed E-state index contributed by atoms with van der Waals surface area (Å²) in [5.74, 6) is 0. The van der Waals surface area contributed by atoms with E-state index in [-0.39, 0.29) is 0 Å². The van der Waals surface area contributed by atoms with E-state index in [1.54, 1.807) is 0 Å². The highest BCUT2D eigenvalue weighted by molar-refractivity contribution is 7.77. The van der Waals surface area contributed by atoms with E-state index >= 15 is 0 Å². The van der Waals surface area contributed by atoms with Gasteiger partial charge in [-0.25, -0.2) is 8.93 Å². The molecule has 0 amide bonds. The maximum absolute atomic E-state index is 10.3. The van der Waals surface area contributed by atoms with E-state index in [9.17, 15) is 4.21 Å². The van der Waals surface area contributed by atoms with Gasteiger partial charge in [0.05, 0.1) is 0 Å². The van der Waals surface area contributed by atoms with Crippen LogP contribution in [0.2, 0.25) is 0 Å². The van der Waals surface area contributed by atoms with Gasteiger partial charge in [-0.2, -0.15) is 0 Å². The second-order valence-electron chi connectivity index (χ2n) is 3.94. The molecule has 1 unspecified atom stereocenters. The van der Waals surface area contributed by atoms with Crippen LogP contribution in [0, 0.1) is 6.92 Å². The topological polar surface area (TPSA) is 49.3 Å². The third-order valence-corrected chi connectivity index (χ3v) is 2.90. The Balaban J connectivity index is 2.09. The van der Waals surface area contributed by atoms with Crippen LogP contribution in [0.5, 0.6) is 0 Å². The van der Waals surface area contributed by atoms with Crippen molar-refractivity contribution < 1.29 is 8.76 Å². The van der Waals surface area contributed by atoms with Gasteiger partial charge in [0.2, 0.25) is 11.3 Å². The van der Waals surface area contributed by atoms with Gasteiger partial charge >= 0.3 is 0 Å². The molecule has 0 aromatic heterocycles. The predicted molar refractivity (Wildman–Crippen MR) is 67.5 cm³/mol. The van der Waals surface area contributed by atoms with Gasteiger partial charge in [-0.05, 0) is 31.7 Å². The van der Waals surface area contributed by atoms with Crippen LogP contribution in [-0.4, -0.2) is 15.3 Å². The van der Waals surface area contributed by atoms with E-state index in [0.29, 0.717) is 6.54 Å². The lowest BCUT2D eigenvalue weighted by molar-refractivity contribution is 0.544. The third kappa shape index (κ3) is 6.00. The molecule has 1 aromatic rings. The number of rotatable bonds is 7. The highest BCUT2D eigenvalue weighted by Crippen LogP contribution is 2.08. The standard InChI is InChI=1S/C12H19NO2S/c1-11-6-5-8-12(10-11)7-3-2-4-9-13-16(14)15/h5-6,8,10,13H,2-4,7,9H2,1H3,(H,14,15). The Bertz CT molecular complexity index is 342. The summed E-state index contributed by atoms with van der Waals surface area (Å²) in [5, 5.41) is 0. The summed E-state index contributed by atoms with van der Waals surface area (Å²) >= 11 is -1.86. The highest BCUT2D eigenvalue weighted by Gasteiger charge is 1.95. The van der Waals surface area contributed by atoms with Crippen LogP contribution in [0.1, 0.15) is 30.4 Å². The predicted octanol–water partition coefficient (Wildman–Crippen LogP) is 2.43. The van der Waals surface area contributed by atoms with Crippen molar-refractivity contribution in [1.29, 1.82) is 0 Å². The molecule has 3 nitrogen and oxygen atoms in total. The van der Waals surface area contributed by atoms with E-state index in [1.807, 2.05) is 0 Å². The molecule has 0 radical (unpaired) electrons. The van der Waals surface area contributed by atoms with Crippen LogP contribution in [-0.2, 0) is 17.7 Å². The van der Waals surface area contributed by atoms with E-state index in [4.69, 9.17) is 4.55 Å². The second kappa shape index (κ2) is 7.54. The van der Waals surface area contributed by atoms with Crippen molar-refractivity contribution in [2.24, 2.45) is 0 Å². The number of hydrogen-bond acceptors (Lipinski definition) is 1. The average Bonchev–Trinajstić information content (AvgIpc) is 2.23. The molecule has 0 spiro atoms. The van der Waals surface area contributed by atoms with Crippen molar-refractivity contribution in [3.05, 3.63) is 35.4 Å². The van der Waals surface area contributed by atoms with Crippen LogP contribution in [0.15, 0.2) is 24.3 Å². The lowest BCUT2D eigenvalue weighted by atomic mass is 10.1. The van der Waals surface area contributed by atoms with Crippen LogP contribution in [0.3, 0.4) is 0 Å². The molecule has 0 aliphatic heterocycles. The van der Waals surface area contributed by atoms with E-state index in [1.165, 1.54) is 11.1 Å². The first-order chi connectivity index (χ1) is 7.68. The molecule has 0 bridgehead atoms. The number of hydrogen-bond donors (Lipinski definition) is 2. The Kier molecular flexibility index (Phi) is 6.30. The second-order valence-corrected chi connectivity index (χ2v) is 4.73. The molecule has 0 saturated carbocycles. The molecule has 0 aliphatic rings. The Labute approximate surface area is 99.7 Å². The molecule has 0 fully saturated rings. The molecule has 16 heavy (non-hydrogen) atoms. The molecule has 90 valence electrons. The first kappa shape index (κ1) is 13.4. The molecule has 0 aliphatic carbocycles. The summed E-state index contributed by atoms with van der Waals surface area (Å²) in [4.78, 5) is 0. The maximum atomic E-state index is 10.3. The van der Waals surface area contributed by atoms with Crippen LogP contribution in [0.4, 0.5) is 0 Å². The van der Waals surface area contributed by atoms with Gasteiger partial charge < -0.3 is 0 Å². The first-order valence-corrected chi connectivity index (χ1v) is 6.69. The number of unbranched alkanes of at least 4 members (excludes halogenated alkanes) is 2. The zero-order chi connectivity index (χ0) is 11.8. The van der Waals surface area contributed by atoms with Crippen LogP contribution < -0.4 is 4.72 Å². The molecule has 2 N–H and O–H groups in total. The van der Waals surface area contributed by atoms with Crippen LogP contribution in [0.25, 0.3) is 0 Å². The highest BCUT2D eigenvalue weighted by atomic mass is 32.2. The normalized spacial score (nSPS) is 12.6. The summed E-state index contributed by atoms with van der Waals surface area (Å²) in [6.45, 7) is 2.71. The van der Waals surface area contributed by atoms with Gasteiger partial charge in [0, 0.05) is 6.54 Å². The number of benzene rings is 1. The Morgan fingerprint density at radius 2 is 2.12 bits per heavy atom. The zero-order valence-corrected chi connectivity index (χ0v) is 10.4. The molecule has 4 heteroatoms. The van der Waals surface area contributed by atoms with Gasteiger partial charge in [-0.1, -0.05) is 36.2 Å². The molecular weight excluding hydrogens is 222 g/mol. The van der Waals surface area contributed by atoms with Crippen LogP contribution >= 0.6 is 0 Å². The minimum absolute atomic E-state index is 0.608. The lowest BCUT2D eigenvalue weighted by Crippen LogP contribution is -2.17. The third-order valence-electron chi connectivity index (χ3n) is 2.45. The van der Waals surface area contributed by atoms with Crippen molar-refractivity contribution in [3.8, 4) is 0 Å². The largest absolute Gasteiger partial charge is 0.294 e. The van der Waals surface area contributed by atoms with E-state index in [0.717, 1.165) is 25.7 Å². The summed E-state index contributed by atoms with van der Waals surface area (Å²) in [7, 11) is 0. The fourth-order valence-electron chi connectivity index (χ4n) is 1.66. The van der Waals surface area contributed by atoms with Gasteiger partial charge in [0.1, 0.15) is 0 Å². The molecule has 1 rings (SSSR count). The summed E-state index contributed by atoms with van der Waals surface area (Å²) in [6, 6.07) is 8.54.